The van der Waals surface area contributed by atoms with Gasteiger partial charge in [0.15, 0.2) is 0 Å². The van der Waals surface area contributed by atoms with Gasteiger partial charge in [0.1, 0.15) is 0 Å². The van der Waals surface area contributed by atoms with E-state index in [0.29, 0.717) is 6.54 Å². The topological polar surface area (TPSA) is 23.8 Å². The predicted octanol–water partition coefficient (Wildman–Crippen LogP) is 2.92. The van der Waals surface area contributed by atoms with Gasteiger partial charge in [-0.05, 0) is 5.92 Å². The summed E-state index contributed by atoms with van der Waals surface area (Å²) in [4.78, 5) is 0. The second-order valence-electron chi connectivity index (χ2n) is 2.29. The summed E-state index contributed by atoms with van der Waals surface area (Å²) in [6.45, 7) is 4.98. The van der Waals surface area contributed by atoms with Gasteiger partial charge in [0.05, 0.1) is 0 Å². The van der Waals surface area contributed by atoms with Crippen molar-refractivity contribution in [3.05, 3.63) is 13.2 Å². The largest absolute Gasteiger partial charge is 0.677 e. The Morgan fingerprint density at radius 3 is 1.89 bits per heavy atom. The second kappa shape index (κ2) is 11.8. The Kier molecular flexibility index (Phi) is 21.7. The molecule has 0 aliphatic rings. The minimum atomic E-state index is 0. The summed E-state index contributed by atoms with van der Waals surface area (Å²) < 4.78 is 0. The van der Waals surface area contributed by atoms with Crippen LogP contribution in [-0.2, 0) is 32.7 Å². The average Bonchev–Trinajstić information content (AvgIpc) is 1.61. The van der Waals surface area contributed by atoms with Crippen molar-refractivity contribution >= 4 is 0 Å². The molecule has 2 heteroatoms. The van der Waals surface area contributed by atoms with Crippen LogP contribution in [0.3, 0.4) is 0 Å². The van der Waals surface area contributed by atoms with Crippen LogP contribution in [0.5, 0.6) is 0 Å². The van der Waals surface area contributed by atoms with E-state index in [1.807, 2.05) is 0 Å². The van der Waals surface area contributed by atoms with Crippen LogP contribution in [0, 0.1) is 13.3 Å². The molecular formula is C7H17NY-2. The fraction of sp³-hybridized carbons (Fsp3) is 0.857. The van der Waals surface area contributed by atoms with Crippen molar-refractivity contribution in [2.75, 3.05) is 6.54 Å². The van der Waals surface area contributed by atoms with Gasteiger partial charge in [-0.2, -0.15) is 6.54 Å². The van der Waals surface area contributed by atoms with E-state index in [-0.39, 0.29) is 40.1 Å². The molecule has 1 nitrogen and oxygen atoms in total. The van der Waals surface area contributed by atoms with Gasteiger partial charge in [-0.3, -0.25) is 0 Å². The second-order valence-corrected chi connectivity index (χ2v) is 2.29. The van der Waals surface area contributed by atoms with E-state index >= 15 is 0 Å². The Morgan fingerprint density at radius 2 is 1.78 bits per heavy atom. The van der Waals surface area contributed by atoms with Crippen molar-refractivity contribution in [2.24, 2.45) is 5.92 Å². The van der Waals surface area contributed by atoms with E-state index in [1.165, 1.54) is 6.42 Å². The molecule has 0 heterocycles. The molecule has 0 fully saturated rings. The number of hydrogen-bond acceptors (Lipinski definition) is 0. The molecule has 0 spiro atoms. The van der Waals surface area contributed by atoms with Crippen LogP contribution in [0.1, 0.15) is 26.7 Å². The average molecular weight is 204 g/mol. The van der Waals surface area contributed by atoms with Gasteiger partial charge in [-0.1, -0.05) is 26.7 Å². The molecule has 0 aromatic carbocycles. The molecule has 0 unspecified atom stereocenters. The van der Waals surface area contributed by atoms with Crippen LogP contribution in [0.2, 0.25) is 0 Å². The number of rotatable bonds is 3. The number of nitrogens with one attached hydrogen (secondary N) is 1. The van der Waals surface area contributed by atoms with E-state index in [0.717, 1.165) is 12.3 Å². The first-order chi connectivity index (χ1) is 3.27. The van der Waals surface area contributed by atoms with Gasteiger partial charge in [0.25, 0.3) is 0 Å². The smallest absolute Gasteiger partial charge is 0 e. The standard InChI is InChI=1S/C6H14N.CH3.Y/c1-6(2)4-3-5-7;;/h6-7H,3-5H2,1-2H3;1H3;/q2*-1;. The van der Waals surface area contributed by atoms with Crippen molar-refractivity contribution in [1.29, 1.82) is 0 Å². The zero-order valence-corrected chi connectivity index (χ0v) is 9.61. The van der Waals surface area contributed by atoms with E-state index < -0.39 is 0 Å². The van der Waals surface area contributed by atoms with Crippen LogP contribution < -0.4 is 0 Å². The normalized spacial score (nSPS) is 8.00. The summed E-state index contributed by atoms with van der Waals surface area (Å²) >= 11 is 0. The third kappa shape index (κ3) is 17.6. The Hall–Kier alpha value is 1.06. The van der Waals surface area contributed by atoms with Crippen LogP contribution >= 0.6 is 0 Å². The van der Waals surface area contributed by atoms with E-state index in [4.69, 9.17) is 5.73 Å². The molecule has 0 atom stereocenters. The van der Waals surface area contributed by atoms with Gasteiger partial charge in [-0.25, -0.2) is 0 Å². The number of hydrogen-bond donors (Lipinski definition) is 0. The Balaban J connectivity index is -0.000000180. The molecule has 0 saturated carbocycles. The molecule has 0 aliphatic carbocycles. The van der Waals surface area contributed by atoms with Crippen molar-refractivity contribution in [1.82, 2.24) is 0 Å². The Bertz CT molecular complexity index is 37.9. The molecule has 0 saturated heterocycles. The van der Waals surface area contributed by atoms with Gasteiger partial charge in [0, 0.05) is 32.7 Å². The van der Waals surface area contributed by atoms with E-state index in [2.05, 4.69) is 13.8 Å². The first kappa shape index (κ1) is 16.6. The van der Waals surface area contributed by atoms with E-state index in [9.17, 15) is 0 Å². The summed E-state index contributed by atoms with van der Waals surface area (Å²) in [6.07, 6.45) is 2.28. The summed E-state index contributed by atoms with van der Waals surface area (Å²) in [6, 6.07) is 0. The van der Waals surface area contributed by atoms with Gasteiger partial charge >= 0.3 is 0 Å². The molecule has 0 aromatic rings. The van der Waals surface area contributed by atoms with Gasteiger partial charge in [0.2, 0.25) is 0 Å². The summed E-state index contributed by atoms with van der Waals surface area (Å²) in [5, 5.41) is 0. The van der Waals surface area contributed by atoms with Crippen molar-refractivity contribution in [3.8, 4) is 0 Å². The molecule has 1 N–H and O–H groups in total. The van der Waals surface area contributed by atoms with Crippen molar-refractivity contribution in [3.63, 3.8) is 0 Å². The van der Waals surface area contributed by atoms with Gasteiger partial charge < -0.3 is 13.2 Å². The van der Waals surface area contributed by atoms with Crippen LogP contribution in [0.25, 0.3) is 5.73 Å². The quantitative estimate of drug-likeness (QED) is 0.631. The van der Waals surface area contributed by atoms with Crippen LogP contribution in [0.4, 0.5) is 0 Å². The van der Waals surface area contributed by atoms with Gasteiger partial charge in [-0.15, -0.1) is 0 Å². The molecule has 0 aromatic heterocycles. The maximum absolute atomic E-state index is 6.80. The SMILES string of the molecule is CC(C)CCC[NH-].[CH3-].[Y]. The zero-order valence-electron chi connectivity index (χ0n) is 6.78. The first-order valence-electron chi connectivity index (χ1n) is 2.92. The molecular weight excluding hydrogens is 187 g/mol. The molecule has 0 aliphatic heterocycles. The van der Waals surface area contributed by atoms with Crippen LogP contribution in [-0.4, -0.2) is 6.54 Å². The fourth-order valence-corrected chi connectivity index (χ4v) is 0.510. The third-order valence-corrected chi connectivity index (χ3v) is 0.958. The Morgan fingerprint density at radius 1 is 1.33 bits per heavy atom. The molecule has 1 radical (unpaired) electrons. The maximum Gasteiger partial charge on any atom is 0 e. The first-order valence-corrected chi connectivity index (χ1v) is 2.92. The molecule has 55 valence electrons. The minimum absolute atomic E-state index is 0. The maximum atomic E-state index is 6.80. The molecule has 0 bridgehead atoms. The molecule has 0 rings (SSSR count). The summed E-state index contributed by atoms with van der Waals surface area (Å²) in [7, 11) is 0. The van der Waals surface area contributed by atoms with Crippen molar-refractivity contribution < 1.29 is 32.7 Å². The monoisotopic (exact) mass is 204 g/mol. The van der Waals surface area contributed by atoms with Crippen molar-refractivity contribution in [2.45, 2.75) is 26.7 Å². The summed E-state index contributed by atoms with van der Waals surface area (Å²) in [5.41, 5.74) is 6.80. The Labute approximate surface area is 84.7 Å². The minimum Gasteiger partial charge on any atom is -0.677 e. The molecule has 0 amide bonds. The summed E-state index contributed by atoms with van der Waals surface area (Å²) in [5.74, 6) is 0.783. The predicted molar refractivity (Wildman–Crippen MR) is 39.7 cm³/mol. The third-order valence-electron chi connectivity index (χ3n) is 0.958. The molecule has 9 heavy (non-hydrogen) atoms. The zero-order chi connectivity index (χ0) is 5.70. The van der Waals surface area contributed by atoms with Crippen LogP contribution in [0.15, 0.2) is 0 Å². The fourth-order valence-electron chi connectivity index (χ4n) is 0.510. The van der Waals surface area contributed by atoms with E-state index in [1.54, 1.807) is 0 Å².